The molecular formula is C23H27FN7NaO4. The maximum absolute atomic E-state index is 13.6. The number of halogens is 1. The van der Waals surface area contributed by atoms with Crippen LogP contribution in [0.25, 0.3) is 17.3 Å². The third kappa shape index (κ3) is 7.37. The zero-order chi connectivity index (χ0) is 25.7. The molecule has 186 valence electrons. The molecule has 0 unspecified atom stereocenters. The van der Waals surface area contributed by atoms with Crippen molar-refractivity contribution in [1.29, 1.82) is 0 Å². The second-order valence-electron chi connectivity index (χ2n) is 8.39. The van der Waals surface area contributed by atoms with Gasteiger partial charge in [0.2, 0.25) is 5.95 Å². The Balaban J connectivity index is 0.00000456. The van der Waals surface area contributed by atoms with Crippen molar-refractivity contribution in [2.24, 2.45) is 7.05 Å². The van der Waals surface area contributed by atoms with Crippen molar-refractivity contribution in [2.75, 3.05) is 11.9 Å². The number of carbonyl (C=O) groups is 1. The summed E-state index contributed by atoms with van der Waals surface area (Å²) in [7, 11) is 3.40. The van der Waals surface area contributed by atoms with Crippen molar-refractivity contribution in [3.05, 3.63) is 47.4 Å². The van der Waals surface area contributed by atoms with E-state index in [1.165, 1.54) is 22.9 Å². The molecule has 0 amide bonds. The average molecular weight is 508 g/mol. The van der Waals surface area contributed by atoms with Crippen LogP contribution in [0.1, 0.15) is 43.9 Å². The summed E-state index contributed by atoms with van der Waals surface area (Å²) in [6.07, 6.45) is -0.0897. The van der Waals surface area contributed by atoms with E-state index in [4.69, 9.17) is 9.97 Å². The number of aromatic nitrogens is 6. The van der Waals surface area contributed by atoms with Gasteiger partial charge in [-0.3, -0.25) is 4.90 Å². The maximum Gasteiger partial charge on any atom is 1.00 e. The zero-order valence-corrected chi connectivity index (χ0v) is 22.8. The van der Waals surface area contributed by atoms with E-state index in [0.717, 1.165) is 0 Å². The van der Waals surface area contributed by atoms with Crippen LogP contribution in [-0.4, -0.2) is 65.6 Å². The normalized spacial score (nSPS) is 13.0. The molecular weight excluding hydrogens is 480 g/mol. The number of tetrazole rings is 1. The summed E-state index contributed by atoms with van der Waals surface area (Å²) in [4.78, 5) is 21.7. The molecule has 0 saturated carbocycles. The number of anilines is 2. The van der Waals surface area contributed by atoms with E-state index in [2.05, 4.69) is 15.5 Å². The molecule has 13 heteroatoms. The van der Waals surface area contributed by atoms with E-state index in [0.29, 0.717) is 34.4 Å². The van der Waals surface area contributed by atoms with Crippen molar-refractivity contribution in [3.63, 3.8) is 0 Å². The third-order valence-electron chi connectivity index (χ3n) is 5.23. The van der Waals surface area contributed by atoms with Crippen molar-refractivity contribution in [1.82, 2.24) is 30.2 Å². The van der Waals surface area contributed by atoms with Gasteiger partial charge in [0.15, 0.2) is 0 Å². The van der Waals surface area contributed by atoms with Gasteiger partial charge >= 0.3 is 29.6 Å². The molecule has 0 spiro atoms. The predicted octanol–water partition coefficient (Wildman–Crippen LogP) is -2.03. The van der Waals surface area contributed by atoms with Crippen LogP contribution in [0, 0.1) is 5.82 Å². The van der Waals surface area contributed by atoms with E-state index in [-0.39, 0.29) is 41.9 Å². The number of carboxylic acid groups (broad SMARTS) is 1. The minimum atomic E-state index is -1.40. The molecule has 3 aromatic rings. The molecule has 36 heavy (non-hydrogen) atoms. The number of aliphatic hydroxyl groups is 2. The van der Waals surface area contributed by atoms with Crippen molar-refractivity contribution in [3.8, 4) is 11.3 Å². The van der Waals surface area contributed by atoms with Gasteiger partial charge in [0.25, 0.3) is 5.95 Å². The molecule has 3 rings (SSSR count). The Kier molecular flexibility index (Phi) is 10.6. The summed E-state index contributed by atoms with van der Waals surface area (Å²) in [5, 5.41) is 42.3. The van der Waals surface area contributed by atoms with Gasteiger partial charge in [-0.15, -0.1) is 0 Å². The van der Waals surface area contributed by atoms with E-state index in [9.17, 15) is 24.5 Å². The molecule has 1 aromatic carbocycles. The number of aliphatic hydroxyl groups excluding tert-OH is 2. The fraction of sp³-hybridized carbons (Fsp3) is 0.391. The van der Waals surface area contributed by atoms with Crippen LogP contribution in [0.4, 0.5) is 16.3 Å². The summed E-state index contributed by atoms with van der Waals surface area (Å²) in [5.41, 5.74) is 2.34. The SMILES string of the molecule is CC(C)c1nc(N(C)c2nnnn2C)nc(-c2ccc(F)cc2)c1/C=C/[C@@H](O)C[C@@H](O)CC(=O)[O-].[Na+]. The van der Waals surface area contributed by atoms with Crippen LogP contribution in [0.3, 0.4) is 0 Å². The molecule has 2 aromatic heterocycles. The van der Waals surface area contributed by atoms with Gasteiger partial charge in [0, 0.05) is 44.0 Å². The summed E-state index contributed by atoms with van der Waals surface area (Å²) in [6, 6.07) is 5.82. The molecule has 11 nitrogen and oxygen atoms in total. The monoisotopic (exact) mass is 507 g/mol. The standard InChI is InChI=1S/C23H28FN7O4.Na/c1-13(2)20-18(10-9-16(32)11-17(33)12-19(34)35)21(14-5-7-15(24)8-6-14)26-22(25-20)30(3)23-27-28-29-31(23)4;/h5-10,13,16-17,32-33H,11-12H2,1-4H3,(H,34,35);/q;+1/p-1/b10-9+;/t16-,17-;/m1./s1. The van der Waals surface area contributed by atoms with Gasteiger partial charge in [-0.1, -0.05) is 31.1 Å². The predicted molar refractivity (Wildman–Crippen MR) is 124 cm³/mol. The molecule has 0 aliphatic rings. The maximum atomic E-state index is 13.6. The number of carbonyl (C=O) groups excluding carboxylic acids is 1. The third-order valence-corrected chi connectivity index (χ3v) is 5.23. The van der Waals surface area contributed by atoms with Gasteiger partial charge in [-0.2, -0.15) is 0 Å². The van der Waals surface area contributed by atoms with Gasteiger partial charge in [-0.05, 0) is 40.6 Å². The zero-order valence-electron chi connectivity index (χ0n) is 20.8. The Hall–Kier alpha value is -2.77. The van der Waals surface area contributed by atoms with Crippen molar-refractivity contribution in [2.45, 2.75) is 44.8 Å². The van der Waals surface area contributed by atoms with Crippen LogP contribution in [0.15, 0.2) is 30.3 Å². The molecule has 0 bridgehead atoms. The summed E-state index contributed by atoms with van der Waals surface area (Å²) >= 11 is 0. The molecule has 0 fully saturated rings. The number of aryl methyl sites for hydroxylation is 1. The smallest absolute Gasteiger partial charge is 0.550 e. The largest absolute Gasteiger partial charge is 1.00 e. The number of nitrogens with zero attached hydrogens (tertiary/aromatic N) is 7. The molecule has 2 atom stereocenters. The molecule has 2 heterocycles. The van der Waals surface area contributed by atoms with Crippen LogP contribution < -0.4 is 39.6 Å². The number of carboxylic acids is 1. The quantitative estimate of drug-likeness (QED) is 0.294. The number of aliphatic carboxylic acids is 1. The van der Waals surface area contributed by atoms with Crippen molar-refractivity contribution >= 4 is 23.9 Å². The van der Waals surface area contributed by atoms with Gasteiger partial charge in [0.05, 0.1) is 23.6 Å². The Labute approximate surface area is 230 Å². The summed E-state index contributed by atoms with van der Waals surface area (Å²) in [6.45, 7) is 3.89. The second kappa shape index (κ2) is 13.0. The van der Waals surface area contributed by atoms with E-state index < -0.39 is 30.4 Å². The average Bonchev–Trinajstić information content (AvgIpc) is 3.22. The fourth-order valence-electron chi connectivity index (χ4n) is 3.50. The first-order chi connectivity index (χ1) is 16.6. The number of benzene rings is 1. The van der Waals surface area contributed by atoms with Crippen molar-refractivity contribution < 1.29 is 54.1 Å². The molecule has 0 radical (unpaired) electrons. The van der Waals surface area contributed by atoms with Crippen LogP contribution in [-0.2, 0) is 11.8 Å². The van der Waals surface area contributed by atoms with E-state index >= 15 is 0 Å². The number of hydrogen-bond donors (Lipinski definition) is 2. The van der Waals surface area contributed by atoms with Gasteiger partial charge < -0.3 is 20.1 Å². The van der Waals surface area contributed by atoms with E-state index in [1.807, 2.05) is 13.8 Å². The van der Waals surface area contributed by atoms with Crippen LogP contribution in [0.2, 0.25) is 0 Å². The number of hydrogen-bond acceptors (Lipinski definition) is 10. The van der Waals surface area contributed by atoms with Gasteiger partial charge in [-0.25, -0.2) is 19.0 Å². The van der Waals surface area contributed by atoms with Crippen LogP contribution >= 0.6 is 0 Å². The minimum Gasteiger partial charge on any atom is -0.550 e. The Morgan fingerprint density at radius 1 is 1.22 bits per heavy atom. The fourth-order valence-corrected chi connectivity index (χ4v) is 3.50. The first-order valence-electron chi connectivity index (χ1n) is 10.9. The van der Waals surface area contributed by atoms with E-state index in [1.54, 1.807) is 37.2 Å². The number of rotatable bonds is 10. The minimum absolute atomic E-state index is 0. The molecule has 0 aliphatic heterocycles. The first-order valence-corrected chi connectivity index (χ1v) is 10.9. The molecule has 2 N–H and O–H groups in total. The summed E-state index contributed by atoms with van der Waals surface area (Å²) < 4.78 is 15.1. The van der Waals surface area contributed by atoms with Gasteiger partial charge in [0.1, 0.15) is 5.82 Å². The Bertz CT molecular complexity index is 1200. The first kappa shape index (κ1) is 29.5. The molecule has 0 aliphatic carbocycles. The van der Waals surface area contributed by atoms with Crippen LogP contribution in [0.5, 0.6) is 0 Å². The topological polar surface area (TPSA) is 153 Å². The second-order valence-corrected chi connectivity index (χ2v) is 8.39. The Morgan fingerprint density at radius 2 is 1.89 bits per heavy atom. The summed E-state index contributed by atoms with van der Waals surface area (Å²) in [5.74, 6) is -1.15. The molecule has 0 saturated heterocycles. The Morgan fingerprint density at radius 3 is 2.44 bits per heavy atom.